The molecule has 0 spiro atoms. The Hall–Kier alpha value is -0.510. The molecular weight excluding hydrogens is 264 g/mol. The van der Waals surface area contributed by atoms with Crippen molar-refractivity contribution in [1.82, 2.24) is 10.2 Å². The summed E-state index contributed by atoms with van der Waals surface area (Å²) in [5.74, 6) is 3.58. The molecule has 1 saturated heterocycles. The summed E-state index contributed by atoms with van der Waals surface area (Å²) in [6.07, 6.45) is 1.39. The van der Waals surface area contributed by atoms with Crippen molar-refractivity contribution in [2.24, 2.45) is 5.92 Å². The zero-order valence-electron chi connectivity index (χ0n) is 12.8. The number of likely N-dealkylation sites (N-methyl/N-ethyl adjacent to an activating group) is 1. The van der Waals surface area contributed by atoms with Crippen LogP contribution in [0.3, 0.4) is 0 Å². The number of hydrogen-bond donors (Lipinski definition) is 1. The minimum atomic E-state index is 0.500. The van der Waals surface area contributed by atoms with Gasteiger partial charge in [0.25, 0.3) is 0 Å². The van der Waals surface area contributed by atoms with Crippen molar-refractivity contribution in [3.8, 4) is 0 Å². The summed E-state index contributed by atoms with van der Waals surface area (Å²) >= 11 is 2.10. The number of benzene rings is 1. The number of hydrogen-bond acceptors (Lipinski definition) is 3. The van der Waals surface area contributed by atoms with Gasteiger partial charge in [0.2, 0.25) is 0 Å². The second-order valence-corrected chi connectivity index (χ2v) is 6.69. The molecule has 0 saturated carbocycles. The number of thioether (sulfide) groups is 1. The van der Waals surface area contributed by atoms with Gasteiger partial charge in [-0.3, -0.25) is 4.90 Å². The normalized spacial score (nSPS) is 20.4. The van der Waals surface area contributed by atoms with Gasteiger partial charge in [-0.1, -0.05) is 44.2 Å². The van der Waals surface area contributed by atoms with E-state index in [1.165, 1.54) is 30.0 Å². The maximum absolute atomic E-state index is 3.72. The molecule has 0 aliphatic carbocycles. The first-order valence-corrected chi connectivity index (χ1v) is 9.08. The third-order valence-electron chi connectivity index (χ3n) is 4.23. The van der Waals surface area contributed by atoms with Crippen molar-refractivity contribution < 1.29 is 0 Å². The van der Waals surface area contributed by atoms with E-state index in [-0.39, 0.29) is 0 Å². The van der Waals surface area contributed by atoms with Crippen molar-refractivity contribution >= 4 is 11.8 Å². The second-order valence-electron chi connectivity index (χ2n) is 5.54. The van der Waals surface area contributed by atoms with Gasteiger partial charge in [-0.2, -0.15) is 11.8 Å². The van der Waals surface area contributed by atoms with Crippen LogP contribution in [0.15, 0.2) is 30.3 Å². The standard InChI is InChI=1S/C17H28N2S/c1-3-19(4-2)17(16-8-6-5-7-9-16)13-18-12-15-10-11-20-14-15/h5-9,15,17-18H,3-4,10-14H2,1-2H3. The first-order chi connectivity index (χ1) is 9.85. The molecule has 0 radical (unpaired) electrons. The van der Waals surface area contributed by atoms with Gasteiger partial charge in [0, 0.05) is 12.6 Å². The molecule has 2 atom stereocenters. The Bertz CT molecular complexity index is 359. The molecule has 20 heavy (non-hydrogen) atoms. The molecule has 1 aromatic carbocycles. The minimum Gasteiger partial charge on any atom is -0.315 e. The molecule has 0 aromatic heterocycles. The van der Waals surface area contributed by atoms with E-state index in [9.17, 15) is 0 Å². The van der Waals surface area contributed by atoms with Crippen molar-refractivity contribution in [2.45, 2.75) is 26.3 Å². The van der Waals surface area contributed by atoms with Crippen molar-refractivity contribution in [2.75, 3.05) is 37.7 Å². The van der Waals surface area contributed by atoms with Crippen molar-refractivity contribution in [1.29, 1.82) is 0 Å². The highest BCUT2D eigenvalue weighted by atomic mass is 32.2. The van der Waals surface area contributed by atoms with Gasteiger partial charge in [0.15, 0.2) is 0 Å². The van der Waals surface area contributed by atoms with E-state index in [2.05, 4.69) is 66.2 Å². The number of nitrogens with zero attached hydrogens (tertiary/aromatic N) is 1. The van der Waals surface area contributed by atoms with Gasteiger partial charge < -0.3 is 5.32 Å². The molecule has 1 aromatic rings. The van der Waals surface area contributed by atoms with Crippen LogP contribution in [0.5, 0.6) is 0 Å². The van der Waals surface area contributed by atoms with Crippen LogP contribution in [0.25, 0.3) is 0 Å². The summed E-state index contributed by atoms with van der Waals surface area (Å²) in [6.45, 7) is 8.97. The van der Waals surface area contributed by atoms with Crippen LogP contribution in [0.1, 0.15) is 31.9 Å². The lowest BCUT2D eigenvalue weighted by Crippen LogP contribution is -2.37. The zero-order chi connectivity index (χ0) is 14.2. The van der Waals surface area contributed by atoms with E-state index in [4.69, 9.17) is 0 Å². The maximum Gasteiger partial charge on any atom is 0.0472 e. The van der Waals surface area contributed by atoms with Crippen LogP contribution in [-0.4, -0.2) is 42.6 Å². The zero-order valence-corrected chi connectivity index (χ0v) is 13.7. The SMILES string of the molecule is CCN(CC)C(CNCC1CCSC1)c1ccccc1. The fraction of sp³-hybridized carbons (Fsp3) is 0.647. The van der Waals surface area contributed by atoms with E-state index in [0.29, 0.717) is 6.04 Å². The number of rotatable bonds is 8. The first-order valence-electron chi connectivity index (χ1n) is 7.92. The lowest BCUT2D eigenvalue weighted by atomic mass is 10.0. The van der Waals surface area contributed by atoms with Crippen molar-refractivity contribution in [3.63, 3.8) is 0 Å². The summed E-state index contributed by atoms with van der Waals surface area (Å²) in [6, 6.07) is 11.4. The molecule has 0 amide bonds. The van der Waals surface area contributed by atoms with Gasteiger partial charge in [0.05, 0.1) is 0 Å². The molecule has 1 heterocycles. The van der Waals surface area contributed by atoms with E-state index < -0.39 is 0 Å². The Morgan fingerprint density at radius 2 is 2.00 bits per heavy atom. The quantitative estimate of drug-likeness (QED) is 0.790. The van der Waals surface area contributed by atoms with Crippen molar-refractivity contribution in [3.05, 3.63) is 35.9 Å². The fourth-order valence-corrected chi connectivity index (χ4v) is 4.25. The molecule has 1 N–H and O–H groups in total. The van der Waals surface area contributed by atoms with Crippen LogP contribution >= 0.6 is 11.8 Å². The molecule has 112 valence electrons. The van der Waals surface area contributed by atoms with E-state index in [1.807, 2.05) is 0 Å². The minimum absolute atomic E-state index is 0.500. The van der Waals surface area contributed by atoms with E-state index in [1.54, 1.807) is 0 Å². The lowest BCUT2D eigenvalue weighted by Gasteiger charge is -2.30. The predicted octanol–water partition coefficient (Wildman–Crippen LogP) is 3.41. The largest absolute Gasteiger partial charge is 0.315 e. The average molecular weight is 292 g/mol. The highest BCUT2D eigenvalue weighted by Gasteiger charge is 2.19. The summed E-state index contributed by atoms with van der Waals surface area (Å²) < 4.78 is 0. The van der Waals surface area contributed by atoms with Gasteiger partial charge in [-0.15, -0.1) is 0 Å². The molecule has 2 nitrogen and oxygen atoms in total. The Morgan fingerprint density at radius 1 is 1.25 bits per heavy atom. The van der Waals surface area contributed by atoms with Crippen LogP contribution < -0.4 is 5.32 Å². The predicted molar refractivity (Wildman–Crippen MR) is 90.4 cm³/mol. The lowest BCUT2D eigenvalue weighted by molar-refractivity contribution is 0.211. The summed E-state index contributed by atoms with van der Waals surface area (Å²) in [7, 11) is 0. The Labute approximate surface area is 128 Å². The maximum atomic E-state index is 3.72. The fourth-order valence-electron chi connectivity index (χ4n) is 2.97. The first kappa shape index (κ1) is 15.9. The molecule has 3 heteroatoms. The van der Waals surface area contributed by atoms with Crippen LogP contribution in [0.4, 0.5) is 0 Å². The molecule has 0 bridgehead atoms. The second kappa shape index (κ2) is 8.71. The van der Waals surface area contributed by atoms with Crippen LogP contribution in [-0.2, 0) is 0 Å². The highest BCUT2D eigenvalue weighted by molar-refractivity contribution is 7.99. The van der Waals surface area contributed by atoms with Gasteiger partial charge >= 0.3 is 0 Å². The molecule has 2 rings (SSSR count). The Kier molecular flexibility index (Phi) is 6.91. The monoisotopic (exact) mass is 292 g/mol. The van der Waals surface area contributed by atoms with Gasteiger partial charge in [-0.05, 0) is 49.0 Å². The third-order valence-corrected chi connectivity index (χ3v) is 5.46. The topological polar surface area (TPSA) is 15.3 Å². The Morgan fingerprint density at radius 3 is 2.60 bits per heavy atom. The van der Waals surface area contributed by atoms with E-state index >= 15 is 0 Å². The summed E-state index contributed by atoms with van der Waals surface area (Å²) in [4.78, 5) is 2.55. The van der Waals surface area contributed by atoms with Crippen LogP contribution in [0.2, 0.25) is 0 Å². The summed E-state index contributed by atoms with van der Waals surface area (Å²) in [5, 5.41) is 3.72. The molecule has 1 fully saturated rings. The smallest absolute Gasteiger partial charge is 0.0472 e. The van der Waals surface area contributed by atoms with Gasteiger partial charge in [-0.25, -0.2) is 0 Å². The third kappa shape index (κ3) is 4.51. The average Bonchev–Trinajstić information content (AvgIpc) is 3.01. The molecule has 1 aliphatic rings. The van der Waals surface area contributed by atoms with Gasteiger partial charge in [0.1, 0.15) is 0 Å². The van der Waals surface area contributed by atoms with Crippen LogP contribution in [0, 0.1) is 5.92 Å². The summed E-state index contributed by atoms with van der Waals surface area (Å²) in [5.41, 5.74) is 1.43. The Balaban J connectivity index is 1.91. The molecule has 1 aliphatic heterocycles. The molecule has 2 unspecified atom stereocenters. The van der Waals surface area contributed by atoms with E-state index in [0.717, 1.165) is 25.6 Å². The number of nitrogens with one attached hydrogen (secondary N) is 1. The highest BCUT2D eigenvalue weighted by Crippen LogP contribution is 2.23. The molecular formula is C17H28N2S.